The fraction of sp³-hybridized carbons (Fsp3) is 0.700. The van der Waals surface area contributed by atoms with Gasteiger partial charge in [-0.25, -0.2) is 0 Å². The van der Waals surface area contributed by atoms with Gasteiger partial charge in [0.25, 0.3) is 0 Å². The first-order chi connectivity index (χ1) is 8.01. The van der Waals surface area contributed by atoms with Crippen LogP contribution in [0.2, 0.25) is 0 Å². The second-order valence-corrected chi connectivity index (χ2v) is 3.63. The van der Waals surface area contributed by atoms with Gasteiger partial charge in [0.05, 0.1) is 0 Å². The average molecular weight is 244 g/mol. The average Bonchev–Trinajstić information content (AvgIpc) is 2.30. The van der Waals surface area contributed by atoms with Gasteiger partial charge in [-0.15, -0.1) is 0 Å². The van der Waals surface area contributed by atoms with Crippen LogP contribution in [0.3, 0.4) is 0 Å². The van der Waals surface area contributed by atoms with Crippen LogP contribution >= 0.6 is 0 Å². The molecule has 0 aliphatic carbocycles. The minimum absolute atomic E-state index is 0.0508. The smallest absolute Gasteiger partial charge is 0.242 e. The molecule has 0 radical (unpaired) electrons. The Morgan fingerprint density at radius 3 is 2.35 bits per heavy atom. The van der Waals surface area contributed by atoms with E-state index in [-0.39, 0.29) is 31.1 Å². The molecule has 1 unspecified atom stereocenters. The SMILES string of the molecule is CNC(=O)C(CCC(N)=O)NC(=O)CCCN. The molecule has 0 fully saturated rings. The molecule has 0 aliphatic heterocycles. The summed E-state index contributed by atoms with van der Waals surface area (Å²) in [5.41, 5.74) is 10.3. The number of nitrogens with two attached hydrogens (primary N) is 2. The number of hydrogen-bond donors (Lipinski definition) is 4. The highest BCUT2D eigenvalue weighted by molar-refractivity contribution is 5.88. The minimum atomic E-state index is -0.724. The summed E-state index contributed by atoms with van der Waals surface area (Å²) in [5.74, 6) is -1.10. The Morgan fingerprint density at radius 2 is 1.88 bits per heavy atom. The van der Waals surface area contributed by atoms with Gasteiger partial charge in [0.15, 0.2) is 0 Å². The van der Waals surface area contributed by atoms with Crippen LogP contribution in [0.1, 0.15) is 25.7 Å². The van der Waals surface area contributed by atoms with Gasteiger partial charge in [0, 0.05) is 19.9 Å². The molecule has 7 nitrogen and oxygen atoms in total. The summed E-state index contributed by atoms with van der Waals surface area (Å²) in [7, 11) is 1.46. The van der Waals surface area contributed by atoms with Crippen molar-refractivity contribution in [1.82, 2.24) is 10.6 Å². The zero-order chi connectivity index (χ0) is 13.3. The van der Waals surface area contributed by atoms with Crippen molar-refractivity contribution in [2.24, 2.45) is 11.5 Å². The van der Waals surface area contributed by atoms with Crippen molar-refractivity contribution in [2.45, 2.75) is 31.7 Å². The van der Waals surface area contributed by atoms with Crippen molar-refractivity contribution in [3.63, 3.8) is 0 Å². The summed E-state index contributed by atoms with van der Waals surface area (Å²) in [6.07, 6.45) is 1.07. The Hall–Kier alpha value is -1.63. The number of primary amides is 1. The third-order valence-corrected chi connectivity index (χ3v) is 2.19. The summed E-state index contributed by atoms with van der Waals surface area (Å²) in [6.45, 7) is 0.416. The first-order valence-corrected chi connectivity index (χ1v) is 5.50. The van der Waals surface area contributed by atoms with Crippen LogP contribution < -0.4 is 22.1 Å². The maximum atomic E-state index is 11.4. The van der Waals surface area contributed by atoms with Crippen molar-refractivity contribution >= 4 is 17.7 Å². The van der Waals surface area contributed by atoms with E-state index in [4.69, 9.17) is 11.5 Å². The highest BCUT2D eigenvalue weighted by atomic mass is 16.2. The largest absolute Gasteiger partial charge is 0.370 e. The lowest BCUT2D eigenvalue weighted by Crippen LogP contribution is -2.46. The van der Waals surface area contributed by atoms with Gasteiger partial charge in [0.2, 0.25) is 17.7 Å². The number of carbonyl (C=O) groups excluding carboxylic acids is 3. The van der Waals surface area contributed by atoms with Gasteiger partial charge in [-0.3, -0.25) is 14.4 Å². The second-order valence-electron chi connectivity index (χ2n) is 3.63. The molecule has 0 aromatic carbocycles. The fourth-order valence-corrected chi connectivity index (χ4v) is 1.26. The predicted molar refractivity (Wildman–Crippen MR) is 62.7 cm³/mol. The van der Waals surface area contributed by atoms with E-state index in [1.807, 2.05) is 0 Å². The summed E-state index contributed by atoms with van der Waals surface area (Å²) >= 11 is 0. The quantitative estimate of drug-likeness (QED) is 0.402. The van der Waals surface area contributed by atoms with Gasteiger partial charge in [-0.1, -0.05) is 0 Å². The third kappa shape index (κ3) is 7.29. The lowest BCUT2D eigenvalue weighted by molar-refractivity contribution is -0.129. The summed E-state index contributed by atoms with van der Waals surface area (Å²) in [6, 6.07) is -0.724. The summed E-state index contributed by atoms with van der Waals surface area (Å²) < 4.78 is 0. The topological polar surface area (TPSA) is 127 Å². The Labute approximate surface area is 100 Å². The Morgan fingerprint density at radius 1 is 1.24 bits per heavy atom. The molecule has 0 saturated carbocycles. The Kier molecular flexibility index (Phi) is 7.70. The minimum Gasteiger partial charge on any atom is -0.370 e. The molecule has 1 atom stereocenters. The lowest BCUT2D eigenvalue weighted by Gasteiger charge is -2.16. The normalized spacial score (nSPS) is 11.6. The standard InChI is InChI=1S/C10H20N4O3/c1-13-10(17)7(4-5-8(12)15)14-9(16)3-2-6-11/h7H,2-6,11H2,1H3,(H2,12,15)(H,13,17)(H,14,16). The molecule has 0 aromatic rings. The molecule has 17 heavy (non-hydrogen) atoms. The van der Waals surface area contributed by atoms with Crippen molar-refractivity contribution in [3.05, 3.63) is 0 Å². The highest BCUT2D eigenvalue weighted by Gasteiger charge is 2.19. The van der Waals surface area contributed by atoms with Crippen LogP contribution in [-0.2, 0) is 14.4 Å². The van der Waals surface area contributed by atoms with Crippen LogP contribution in [0.4, 0.5) is 0 Å². The van der Waals surface area contributed by atoms with Crippen molar-refractivity contribution in [3.8, 4) is 0 Å². The van der Waals surface area contributed by atoms with E-state index in [9.17, 15) is 14.4 Å². The van der Waals surface area contributed by atoms with E-state index < -0.39 is 11.9 Å². The molecule has 98 valence electrons. The number of rotatable bonds is 8. The molecule has 0 rings (SSSR count). The van der Waals surface area contributed by atoms with E-state index in [0.29, 0.717) is 13.0 Å². The third-order valence-electron chi connectivity index (χ3n) is 2.19. The van der Waals surface area contributed by atoms with E-state index in [1.54, 1.807) is 0 Å². The number of carbonyl (C=O) groups is 3. The zero-order valence-electron chi connectivity index (χ0n) is 9.99. The molecular weight excluding hydrogens is 224 g/mol. The van der Waals surface area contributed by atoms with Crippen molar-refractivity contribution < 1.29 is 14.4 Å². The molecule has 0 aromatic heterocycles. The molecule has 0 spiro atoms. The Balaban J connectivity index is 4.22. The van der Waals surface area contributed by atoms with Crippen LogP contribution in [0, 0.1) is 0 Å². The number of hydrogen-bond acceptors (Lipinski definition) is 4. The molecule has 0 heterocycles. The summed E-state index contributed by atoms with van der Waals surface area (Å²) in [4.78, 5) is 33.5. The molecule has 0 bridgehead atoms. The van der Waals surface area contributed by atoms with Gasteiger partial charge in [-0.05, 0) is 19.4 Å². The maximum absolute atomic E-state index is 11.4. The number of likely N-dealkylation sites (N-methyl/N-ethyl adjacent to an activating group) is 1. The fourth-order valence-electron chi connectivity index (χ4n) is 1.26. The summed E-state index contributed by atoms with van der Waals surface area (Å²) in [5, 5.41) is 4.96. The Bertz CT molecular complexity index is 281. The first-order valence-electron chi connectivity index (χ1n) is 5.50. The zero-order valence-corrected chi connectivity index (χ0v) is 9.99. The van der Waals surface area contributed by atoms with Gasteiger partial charge in [0.1, 0.15) is 6.04 Å². The van der Waals surface area contributed by atoms with Crippen LogP contribution in [0.25, 0.3) is 0 Å². The molecular formula is C10H20N4O3. The van der Waals surface area contributed by atoms with E-state index in [0.717, 1.165) is 0 Å². The molecule has 6 N–H and O–H groups in total. The molecule has 0 aliphatic rings. The highest BCUT2D eigenvalue weighted by Crippen LogP contribution is 1.99. The maximum Gasteiger partial charge on any atom is 0.242 e. The van der Waals surface area contributed by atoms with Gasteiger partial charge >= 0.3 is 0 Å². The molecule has 3 amide bonds. The second kappa shape index (κ2) is 8.51. The van der Waals surface area contributed by atoms with Crippen LogP contribution in [0.5, 0.6) is 0 Å². The van der Waals surface area contributed by atoms with E-state index in [1.165, 1.54) is 7.05 Å². The van der Waals surface area contributed by atoms with Crippen LogP contribution in [0.15, 0.2) is 0 Å². The predicted octanol–water partition coefficient (Wildman–Crippen LogP) is -1.78. The van der Waals surface area contributed by atoms with E-state index >= 15 is 0 Å². The van der Waals surface area contributed by atoms with Gasteiger partial charge in [-0.2, -0.15) is 0 Å². The number of nitrogens with one attached hydrogen (secondary N) is 2. The van der Waals surface area contributed by atoms with Crippen molar-refractivity contribution in [2.75, 3.05) is 13.6 Å². The van der Waals surface area contributed by atoms with Crippen LogP contribution in [-0.4, -0.2) is 37.4 Å². The van der Waals surface area contributed by atoms with Gasteiger partial charge < -0.3 is 22.1 Å². The lowest BCUT2D eigenvalue weighted by atomic mass is 10.1. The number of amides is 3. The monoisotopic (exact) mass is 244 g/mol. The molecule has 0 saturated heterocycles. The first kappa shape index (κ1) is 15.4. The molecule has 7 heteroatoms. The van der Waals surface area contributed by atoms with E-state index in [2.05, 4.69) is 10.6 Å². The van der Waals surface area contributed by atoms with Crippen molar-refractivity contribution in [1.29, 1.82) is 0 Å².